The zero-order chi connectivity index (χ0) is 34.9. The van der Waals surface area contributed by atoms with E-state index in [2.05, 4.69) is 63.2 Å². The molecule has 0 N–H and O–H groups in total. The van der Waals surface area contributed by atoms with Gasteiger partial charge in [0.2, 0.25) is 0 Å². The van der Waals surface area contributed by atoms with Crippen molar-refractivity contribution < 1.29 is 12.4 Å². The Balaban J connectivity index is 1.79. The van der Waals surface area contributed by atoms with Crippen molar-refractivity contribution in [2.24, 2.45) is 0 Å². The van der Waals surface area contributed by atoms with Gasteiger partial charge < -0.3 is 0 Å². The summed E-state index contributed by atoms with van der Waals surface area (Å²) in [6, 6.07) is 36.3. The van der Waals surface area contributed by atoms with Crippen molar-refractivity contribution in [1.82, 2.24) is 0 Å². The second-order valence-corrected chi connectivity index (χ2v) is 20.3. The molecule has 0 atom stereocenters. The number of benzene rings is 4. The zero-order valence-corrected chi connectivity index (χ0v) is 32.2. The van der Waals surface area contributed by atoms with Crippen LogP contribution in [-0.2, 0) is 26.9 Å². The van der Waals surface area contributed by atoms with Crippen molar-refractivity contribution in [3.8, 4) is 0 Å². The van der Waals surface area contributed by atoms with E-state index in [1.54, 1.807) is 0 Å². The molecule has 4 rings (SSSR count). The molecule has 49 heavy (non-hydrogen) atoms. The molecule has 0 radical (unpaired) electrons. The van der Waals surface area contributed by atoms with Crippen molar-refractivity contribution in [1.29, 1.82) is 0 Å². The Kier molecular flexibility index (Phi) is 15.6. The molecule has 0 saturated carbocycles. The molecule has 0 bridgehead atoms. The van der Waals surface area contributed by atoms with Gasteiger partial charge in [0.25, 0.3) is 0 Å². The second-order valence-electron chi connectivity index (χ2n) is 13.7. The molecule has 0 aromatic heterocycles. The maximum absolute atomic E-state index is 15.2. The van der Waals surface area contributed by atoms with Crippen LogP contribution in [0, 0.1) is 0 Å². The fourth-order valence-corrected chi connectivity index (χ4v) is 16.2. The van der Waals surface area contributed by atoms with E-state index in [4.69, 9.17) is 3.97 Å². The van der Waals surface area contributed by atoms with E-state index in [-0.39, 0.29) is 0 Å². The fourth-order valence-electron chi connectivity index (χ4n) is 7.56. The van der Waals surface area contributed by atoms with E-state index in [9.17, 15) is 0 Å². The minimum Gasteiger partial charge on any atom is -0.0654 e. The van der Waals surface area contributed by atoms with Gasteiger partial charge in [-0.3, -0.25) is 0 Å². The predicted octanol–water partition coefficient (Wildman–Crippen LogP) is 11.4. The van der Waals surface area contributed by atoms with Gasteiger partial charge in [-0.15, -0.1) is 0 Å². The molecule has 0 amide bonds. The van der Waals surface area contributed by atoms with Crippen LogP contribution in [0.2, 0.25) is 0 Å². The molecule has 4 aromatic carbocycles. The Morgan fingerprint density at radius 1 is 0.469 bits per heavy atom. The summed E-state index contributed by atoms with van der Waals surface area (Å²) in [5, 5.41) is 2.76. The number of hydrogen-bond donors (Lipinski definition) is 0. The minimum absolute atomic E-state index is 0.351. The van der Waals surface area contributed by atoms with Crippen LogP contribution >= 0.6 is 6.83 Å². The maximum atomic E-state index is 15.2. The SMILES string of the molecule is CCCCCCCCCc1cccc(S(=O)(=O)OP(CC)(c2ccccc2)(c2ccccc2)c2ccccc2)c1CCCCCCCCC. The van der Waals surface area contributed by atoms with Gasteiger partial charge in [0.1, 0.15) is 0 Å². The Morgan fingerprint density at radius 3 is 1.31 bits per heavy atom. The molecule has 0 aliphatic carbocycles. The zero-order valence-electron chi connectivity index (χ0n) is 30.5. The summed E-state index contributed by atoms with van der Waals surface area (Å²) >= 11 is 0. The molecule has 5 heteroatoms. The van der Waals surface area contributed by atoms with Crippen LogP contribution in [0.25, 0.3) is 0 Å². The van der Waals surface area contributed by atoms with E-state index in [0.29, 0.717) is 11.1 Å². The number of rotatable bonds is 23. The van der Waals surface area contributed by atoms with Crippen LogP contribution < -0.4 is 15.9 Å². The van der Waals surface area contributed by atoms with Crippen LogP contribution in [0.3, 0.4) is 0 Å². The summed E-state index contributed by atoms with van der Waals surface area (Å²) in [6.45, 7) is 2.57. The van der Waals surface area contributed by atoms with Gasteiger partial charge in [-0.25, -0.2) is 0 Å². The first-order chi connectivity index (χ1) is 23.9. The second kappa shape index (κ2) is 19.6. The molecule has 0 aliphatic rings. The minimum atomic E-state index is -4.23. The number of unbranched alkanes of at least 4 members (excludes halogenated alkanes) is 12. The van der Waals surface area contributed by atoms with E-state index < -0.39 is 16.9 Å². The predicted molar refractivity (Wildman–Crippen MR) is 214 cm³/mol. The van der Waals surface area contributed by atoms with Crippen LogP contribution in [0.1, 0.15) is 122 Å². The van der Waals surface area contributed by atoms with Gasteiger partial charge in [0.05, 0.1) is 0 Å². The third-order valence-electron chi connectivity index (χ3n) is 10.4. The van der Waals surface area contributed by atoms with Crippen LogP contribution in [0.15, 0.2) is 114 Å². The molecule has 3 nitrogen and oxygen atoms in total. The first kappa shape index (κ1) is 39.0. The molecule has 0 unspecified atom stereocenters. The average Bonchev–Trinajstić information content (AvgIpc) is 3.14. The van der Waals surface area contributed by atoms with E-state index in [1.165, 1.54) is 76.2 Å². The van der Waals surface area contributed by atoms with Gasteiger partial charge in [-0.2, -0.15) is 0 Å². The number of hydrogen-bond acceptors (Lipinski definition) is 3. The molecule has 0 heterocycles. The topological polar surface area (TPSA) is 43.4 Å². The summed E-state index contributed by atoms with van der Waals surface area (Å²) in [4.78, 5) is 0.351. The third-order valence-corrected chi connectivity index (χ3v) is 18.8. The van der Waals surface area contributed by atoms with Crippen LogP contribution in [-0.4, -0.2) is 14.6 Å². The van der Waals surface area contributed by atoms with Crippen molar-refractivity contribution >= 4 is 32.9 Å². The summed E-state index contributed by atoms with van der Waals surface area (Å²) in [6.07, 6.45) is 19.1. The van der Waals surface area contributed by atoms with Gasteiger partial charge in [0, 0.05) is 0 Å². The normalized spacial score (nSPS) is 12.8. The van der Waals surface area contributed by atoms with Gasteiger partial charge in [0.15, 0.2) is 0 Å². The van der Waals surface area contributed by atoms with Gasteiger partial charge >= 0.3 is 280 Å². The Bertz CT molecular complexity index is 1520. The van der Waals surface area contributed by atoms with Crippen molar-refractivity contribution in [2.75, 3.05) is 6.16 Å². The van der Waals surface area contributed by atoms with Crippen molar-refractivity contribution in [2.45, 2.75) is 128 Å². The summed E-state index contributed by atoms with van der Waals surface area (Å²) in [5.74, 6) is 0. The third kappa shape index (κ3) is 9.52. The molecule has 266 valence electrons. The van der Waals surface area contributed by atoms with Gasteiger partial charge in [-0.05, 0) is 0 Å². The summed E-state index contributed by atoms with van der Waals surface area (Å²) in [5.41, 5.74) is 2.13. The molecule has 0 saturated heterocycles. The smallest absolute Gasteiger partial charge is 0.0654 e. The van der Waals surface area contributed by atoms with Gasteiger partial charge in [-0.1, -0.05) is 20.3 Å². The molecular formula is C44H61O3PS. The molecule has 0 aliphatic heterocycles. The van der Waals surface area contributed by atoms with E-state index in [1.807, 2.05) is 66.7 Å². The van der Waals surface area contributed by atoms with Crippen LogP contribution in [0.4, 0.5) is 0 Å². The monoisotopic (exact) mass is 700 g/mol. The Morgan fingerprint density at radius 2 is 0.878 bits per heavy atom. The Hall–Kier alpha value is -2.78. The van der Waals surface area contributed by atoms with Crippen molar-refractivity contribution in [3.63, 3.8) is 0 Å². The molecular weight excluding hydrogens is 640 g/mol. The van der Waals surface area contributed by atoms with E-state index >= 15 is 8.42 Å². The Labute approximate surface area is 299 Å². The molecule has 0 fully saturated rings. The van der Waals surface area contributed by atoms with Crippen molar-refractivity contribution in [3.05, 3.63) is 120 Å². The summed E-state index contributed by atoms with van der Waals surface area (Å²) < 4.78 is 37.6. The quantitative estimate of drug-likeness (QED) is 0.0571. The fraction of sp³-hybridized carbons (Fsp3) is 0.455. The summed E-state index contributed by atoms with van der Waals surface area (Å²) in [7, 11) is -4.23. The van der Waals surface area contributed by atoms with Crippen LogP contribution in [0.5, 0.6) is 0 Å². The number of aryl methyl sites for hydroxylation is 1. The first-order valence-electron chi connectivity index (χ1n) is 19.2. The first-order valence-corrected chi connectivity index (χ1v) is 22.9. The average molecular weight is 701 g/mol. The standard InChI is InChI=1S/C44H61O3PS/c1-4-7-9-11-13-15-20-29-39-30-28-38-44(43(39)37-27-16-14-12-10-8-5-2)49(45,46)47-48(6-3,40-31-21-17-22-32-40,41-33-23-18-24-34-41)42-35-25-19-26-36-42/h17-19,21-26,28,30-36,38H,4-16,20,27,29,37H2,1-3H3. The molecule has 4 aromatic rings. The molecule has 0 spiro atoms. The van der Waals surface area contributed by atoms with E-state index in [0.717, 1.165) is 53.6 Å².